The van der Waals surface area contributed by atoms with Crippen LogP contribution >= 0.6 is 15.9 Å². The molecule has 0 saturated carbocycles. The average molecular weight is 647 g/mol. The van der Waals surface area contributed by atoms with E-state index in [-0.39, 0.29) is 35.7 Å². The first kappa shape index (κ1) is 32.2. The molecule has 4 rings (SSSR count). The van der Waals surface area contributed by atoms with Crippen molar-refractivity contribution in [3.05, 3.63) is 49.6 Å². The Bertz CT molecular complexity index is 1150. The number of hydrogen-bond donors (Lipinski definition) is 1. The number of ether oxygens (including phenoxy) is 2. The van der Waals surface area contributed by atoms with Gasteiger partial charge in [-0.15, -0.1) is 13.2 Å². The van der Waals surface area contributed by atoms with Crippen LogP contribution in [0.15, 0.2) is 49.6 Å². The van der Waals surface area contributed by atoms with Gasteiger partial charge in [-0.25, -0.2) is 0 Å². The molecule has 2 bridgehead atoms. The number of aliphatic hydroxyl groups excluding tert-OH is 1. The number of anilines is 1. The third kappa shape index (κ3) is 5.90. The molecule has 3 aliphatic rings. The van der Waals surface area contributed by atoms with Crippen molar-refractivity contribution in [3.8, 4) is 5.75 Å². The van der Waals surface area contributed by atoms with Gasteiger partial charge in [0.2, 0.25) is 11.8 Å². The Balaban J connectivity index is 1.74. The molecule has 0 aromatic heterocycles. The molecule has 3 heterocycles. The molecule has 3 unspecified atom stereocenters. The van der Waals surface area contributed by atoms with Gasteiger partial charge < -0.3 is 29.3 Å². The van der Waals surface area contributed by atoms with Crippen LogP contribution < -0.4 is 9.64 Å². The highest BCUT2D eigenvalue weighted by atomic mass is 79.9. The first-order valence-electron chi connectivity index (χ1n) is 15.0. The number of carbonyl (C=O) groups is 3. The number of likely N-dealkylation sites (tertiary alicyclic amines) is 1. The zero-order valence-electron chi connectivity index (χ0n) is 24.8. The normalized spacial score (nSPS) is 27.6. The fraction of sp³-hybridized carbons (Fsp3) is 0.594. The quantitative estimate of drug-likeness (QED) is 0.166. The van der Waals surface area contributed by atoms with Gasteiger partial charge in [0.25, 0.3) is 5.91 Å². The SMILES string of the molecule is C=CCN(CCC)C(=O)[C@H]1[C@@H]2OC3(CC2Br)C(C(=O)N(CC=C)c2ccc(OC)cc2)N(CCCCCCO)C(=O)[C@H]13. The van der Waals surface area contributed by atoms with Gasteiger partial charge in [-0.1, -0.05) is 47.8 Å². The minimum Gasteiger partial charge on any atom is -0.497 e. The Morgan fingerprint density at radius 3 is 2.45 bits per heavy atom. The van der Waals surface area contributed by atoms with Crippen molar-refractivity contribution in [3.63, 3.8) is 0 Å². The summed E-state index contributed by atoms with van der Waals surface area (Å²) < 4.78 is 12.0. The van der Waals surface area contributed by atoms with Crippen LogP contribution in [0.5, 0.6) is 5.75 Å². The second-order valence-electron chi connectivity index (χ2n) is 11.3. The molecule has 0 radical (unpaired) electrons. The van der Waals surface area contributed by atoms with Gasteiger partial charge in [0.1, 0.15) is 17.4 Å². The lowest BCUT2D eigenvalue weighted by atomic mass is 9.70. The molecule has 230 valence electrons. The highest BCUT2D eigenvalue weighted by molar-refractivity contribution is 9.09. The van der Waals surface area contributed by atoms with Gasteiger partial charge in [-0.3, -0.25) is 14.4 Å². The maximum atomic E-state index is 14.6. The van der Waals surface area contributed by atoms with Gasteiger partial charge in [-0.2, -0.15) is 0 Å². The van der Waals surface area contributed by atoms with E-state index in [0.717, 1.165) is 19.3 Å². The van der Waals surface area contributed by atoms with E-state index < -0.39 is 29.6 Å². The van der Waals surface area contributed by atoms with E-state index in [0.29, 0.717) is 50.3 Å². The number of fused-ring (bicyclic) bond motifs is 1. The Hall–Kier alpha value is -2.69. The second kappa shape index (κ2) is 14.2. The molecule has 1 aromatic carbocycles. The smallest absolute Gasteiger partial charge is 0.253 e. The van der Waals surface area contributed by atoms with Gasteiger partial charge >= 0.3 is 0 Å². The molecule has 10 heteroatoms. The summed E-state index contributed by atoms with van der Waals surface area (Å²) in [5, 5.41) is 9.20. The summed E-state index contributed by atoms with van der Waals surface area (Å²) in [5.41, 5.74) is -0.470. The standard InChI is InChI=1S/C32H44BrN3O6/c1-5-16-34(17-6-2)29(38)25-26-30(39)36(19-10-8-9-11-20-37)28(32(26)21-24(33)27(25)42-32)31(40)35(18-7-3)22-12-14-23(41-4)15-13-22/h5,7,12-15,24-28,37H,1,3,6,8-11,16-21H2,2,4H3/t24?,25-,26+,27-,28?,32?/m1/s1. The van der Waals surface area contributed by atoms with E-state index in [1.165, 1.54) is 0 Å². The van der Waals surface area contributed by atoms with Crippen LogP contribution in [-0.4, -0.2) is 95.1 Å². The maximum absolute atomic E-state index is 14.6. The monoisotopic (exact) mass is 645 g/mol. The molecule has 6 atom stereocenters. The highest BCUT2D eigenvalue weighted by Crippen LogP contribution is 2.60. The fourth-order valence-electron chi connectivity index (χ4n) is 6.97. The Labute approximate surface area is 257 Å². The van der Waals surface area contributed by atoms with Gasteiger partial charge in [0.05, 0.1) is 25.0 Å². The van der Waals surface area contributed by atoms with Crippen molar-refractivity contribution in [1.82, 2.24) is 9.80 Å². The first-order valence-corrected chi connectivity index (χ1v) is 15.9. The summed E-state index contributed by atoms with van der Waals surface area (Å²) in [6.07, 6.45) is 7.10. The predicted molar refractivity (Wildman–Crippen MR) is 166 cm³/mol. The zero-order valence-corrected chi connectivity index (χ0v) is 26.3. The van der Waals surface area contributed by atoms with Crippen molar-refractivity contribution in [1.29, 1.82) is 0 Å². The van der Waals surface area contributed by atoms with E-state index in [4.69, 9.17) is 9.47 Å². The lowest BCUT2D eigenvalue weighted by Gasteiger charge is -2.37. The summed E-state index contributed by atoms with van der Waals surface area (Å²) in [6, 6.07) is 6.32. The number of unbranched alkanes of at least 4 members (excludes halogenated alkanes) is 3. The molecular formula is C32H44BrN3O6. The Morgan fingerprint density at radius 2 is 1.83 bits per heavy atom. The van der Waals surface area contributed by atoms with Crippen molar-refractivity contribution in [2.24, 2.45) is 11.8 Å². The van der Waals surface area contributed by atoms with Crippen molar-refractivity contribution >= 4 is 39.3 Å². The first-order chi connectivity index (χ1) is 20.3. The number of amides is 3. The van der Waals surface area contributed by atoms with Crippen LogP contribution in [0.1, 0.15) is 45.4 Å². The van der Waals surface area contributed by atoms with E-state index in [2.05, 4.69) is 29.1 Å². The number of alkyl halides is 1. The van der Waals surface area contributed by atoms with Gasteiger partial charge in [0, 0.05) is 43.3 Å². The zero-order chi connectivity index (χ0) is 30.4. The molecule has 3 amide bonds. The van der Waals surface area contributed by atoms with E-state index in [1.807, 2.05) is 19.1 Å². The fourth-order valence-corrected chi connectivity index (χ4v) is 7.91. The number of benzene rings is 1. The summed E-state index contributed by atoms with van der Waals surface area (Å²) in [5.74, 6) is -1.34. The molecule has 3 saturated heterocycles. The predicted octanol–water partition coefficient (Wildman–Crippen LogP) is 3.94. The molecule has 1 aromatic rings. The van der Waals surface area contributed by atoms with Crippen LogP contribution in [0.2, 0.25) is 0 Å². The molecule has 1 N–H and O–H groups in total. The molecule has 9 nitrogen and oxygen atoms in total. The number of methoxy groups -OCH3 is 1. The average Bonchev–Trinajstić information content (AvgIpc) is 3.58. The summed E-state index contributed by atoms with van der Waals surface area (Å²) >= 11 is 3.76. The molecule has 42 heavy (non-hydrogen) atoms. The number of rotatable bonds is 16. The topological polar surface area (TPSA) is 99.6 Å². The molecular weight excluding hydrogens is 602 g/mol. The molecule has 0 aliphatic carbocycles. The van der Waals surface area contributed by atoms with Crippen LogP contribution in [0.3, 0.4) is 0 Å². The summed E-state index contributed by atoms with van der Waals surface area (Å²) in [4.78, 5) is 47.9. The number of aliphatic hydroxyl groups is 1. The lowest BCUT2D eigenvalue weighted by Crippen LogP contribution is -2.57. The minimum atomic E-state index is -1.13. The van der Waals surface area contributed by atoms with Gasteiger partial charge in [-0.05, 0) is 49.9 Å². The Morgan fingerprint density at radius 1 is 1.14 bits per heavy atom. The number of carbonyl (C=O) groups excluding carboxylic acids is 3. The van der Waals surface area contributed by atoms with Crippen LogP contribution in [-0.2, 0) is 19.1 Å². The van der Waals surface area contributed by atoms with E-state index in [9.17, 15) is 19.5 Å². The number of hydrogen-bond acceptors (Lipinski definition) is 6. The largest absolute Gasteiger partial charge is 0.497 e. The molecule has 1 spiro atoms. The van der Waals surface area contributed by atoms with Crippen molar-refractivity contribution in [2.45, 2.75) is 68.0 Å². The maximum Gasteiger partial charge on any atom is 0.253 e. The summed E-state index contributed by atoms with van der Waals surface area (Å²) in [7, 11) is 1.59. The summed E-state index contributed by atoms with van der Waals surface area (Å²) in [6.45, 7) is 11.4. The van der Waals surface area contributed by atoms with Crippen LogP contribution in [0.4, 0.5) is 5.69 Å². The van der Waals surface area contributed by atoms with Crippen LogP contribution in [0, 0.1) is 11.8 Å². The highest BCUT2D eigenvalue weighted by Gasteiger charge is 2.76. The number of halogens is 1. The van der Waals surface area contributed by atoms with Gasteiger partial charge in [0.15, 0.2) is 0 Å². The third-order valence-corrected chi connectivity index (χ3v) is 9.58. The lowest BCUT2D eigenvalue weighted by molar-refractivity contribution is -0.145. The van der Waals surface area contributed by atoms with Crippen molar-refractivity contribution < 1.29 is 29.0 Å². The molecule has 3 fully saturated rings. The van der Waals surface area contributed by atoms with Crippen LogP contribution in [0.25, 0.3) is 0 Å². The molecule has 3 aliphatic heterocycles. The van der Waals surface area contributed by atoms with E-state index >= 15 is 0 Å². The van der Waals surface area contributed by atoms with Crippen molar-refractivity contribution in [2.75, 3.05) is 44.8 Å². The third-order valence-electron chi connectivity index (χ3n) is 8.73. The Kier molecular flexibility index (Phi) is 10.9. The van der Waals surface area contributed by atoms with E-state index in [1.54, 1.807) is 46.1 Å². The minimum absolute atomic E-state index is 0.123. The number of nitrogens with zero attached hydrogens (tertiary/aromatic N) is 3. The second-order valence-corrected chi connectivity index (χ2v) is 12.5.